The molecular weight excluding hydrogens is 370 g/mol. The van der Waals surface area contributed by atoms with Crippen molar-refractivity contribution in [1.29, 1.82) is 0 Å². The molecule has 0 radical (unpaired) electrons. The summed E-state index contributed by atoms with van der Waals surface area (Å²) < 4.78 is 5.91. The first-order valence-corrected chi connectivity index (χ1v) is 11.3. The van der Waals surface area contributed by atoms with Crippen molar-refractivity contribution in [3.05, 3.63) is 29.8 Å². The molecule has 4 aliphatic carbocycles. The third-order valence-electron chi connectivity index (χ3n) is 7.86. The number of aliphatic hydroxyl groups excluding tert-OH is 1. The minimum Gasteiger partial charge on any atom is -1.00 e. The Balaban J connectivity index is 0.00000192. The van der Waals surface area contributed by atoms with Gasteiger partial charge in [-0.15, -0.1) is 0 Å². The predicted molar refractivity (Wildman–Crippen MR) is 108 cm³/mol. The molecule has 28 heavy (non-hydrogen) atoms. The van der Waals surface area contributed by atoms with Crippen LogP contribution in [0.2, 0.25) is 0 Å². The van der Waals surface area contributed by atoms with Crippen molar-refractivity contribution in [2.24, 2.45) is 17.8 Å². The molecule has 1 saturated heterocycles. The molecule has 1 atom stereocenters. The van der Waals surface area contributed by atoms with Gasteiger partial charge in [0, 0.05) is 6.54 Å². The number of halogens is 1. The van der Waals surface area contributed by atoms with Crippen LogP contribution in [0.1, 0.15) is 63.4 Å². The van der Waals surface area contributed by atoms with Gasteiger partial charge in [-0.25, -0.2) is 0 Å². The van der Waals surface area contributed by atoms with E-state index in [2.05, 4.69) is 29.2 Å². The molecule has 3 nitrogen and oxygen atoms in total. The average molecular weight is 405 g/mol. The Labute approximate surface area is 176 Å². The maximum Gasteiger partial charge on any atom is 0.119 e. The maximum atomic E-state index is 10.3. The molecule has 4 saturated carbocycles. The van der Waals surface area contributed by atoms with Gasteiger partial charge in [0.15, 0.2) is 0 Å². The maximum absolute atomic E-state index is 10.3. The summed E-state index contributed by atoms with van der Waals surface area (Å²) in [5, 5.41) is 10.3. The number of benzene rings is 1. The summed E-state index contributed by atoms with van der Waals surface area (Å²) in [5.41, 5.74) is 2.00. The number of β-amino-alcohol motifs (C(OH)–C–C–N with tert-alkyl or cyclic N) is 1. The summed E-state index contributed by atoms with van der Waals surface area (Å²) in [5.74, 6) is 3.85. The molecule has 0 spiro atoms. The molecule has 0 amide bonds. The van der Waals surface area contributed by atoms with Gasteiger partial charge < -0.3 is 27.2 Å². The summed E-state index contributed by atoms with van der Waals surface area (Å²) in [7, 11) is 0. The van der Waals surface area contributed by atoms with Gasteiger partial charge in [-0.05, 0) is 105 Å². The van der Waals surface area contributed by atoms with Crippen LogP contribution in [0.3, 0.4) is 0 Å². The fourth-order valence-corrected chi connectivity index (χ4v) is 7.05. The largest absolute Gasteiger partial charge is 1.00 e. The van der Waals surface area contributed by atoms with Crippen molar-refractivity contribution < 1.29 is 22.3 Å². The summed E-state index contributed by atoms with van der Waals surface area (Å²) >= 11 is 0. The van der Waals surface area contributed by atoms with Crippen LogP contribution in [0.15, 0.2) is 24.3 Å². The number of piperidine rings is 1. The minimum atomic E-state index is -0.397. The topological polar surface area (TPSA) is 32.7 Å². The van der Waals surface area contributed by atoms with E-state index in [1.54, 1.807) is 5.56 Å². The van der Waals surface area contributed by atoms with Crippen LogP contribution in [-0.2, 0) is 5.41 Å². The number of nitrogens with zero attached hydrogens (tertiary/aromatic N) is 1. The van der Waals surface area contributed by atoms with Crippen LogP contribution in [-0.4, -0.2) is 42.4 Å². The molecule has 1 aromatic carbocycles. The third-order valence-corrected chi connectivity index (χ3v) is 7.86. The fourth-order valence-electron chi connectivity index (χ4n) is 7.05. The van der Waals surface area contributed by atoms with Gasteiger partial charge in [-0.1, -0.05) is 18.6 Å². The van der Waals surface area contributed by atoms with Crippen molar-refractivity contribution in [1.82, 2.24) is 4.90 Å². The van der Waals surface area contributed by atoms with Crippen LogP contribution in [0.4, 0.5) is 0 Å². The lowest BCUT2D eigenvalue weighted by atomic mass is 9.48. The molecule has 5 fully saturated rings. The SMILES string of the molecule is OC(COc1ccc(C23CC4CC(CC(C4)C2)C3)cc1)CN1CCCCC1.[Cl-]. The van der Waals surface area contributed by atoms with Gasteiger partial charge in [0.2, 0.25) is 0 Å². The van der Waals surface area contributed by atoms with Gasteiger partial charge in [-0.2, -0.15) is 0 Å². The van der Waals surface area contributed by atoms with Gasteiger partial charge in [0.05, 0.1) is 0 Å². The average Bonchev–Trinajstić information content (AvgIpc) is 2.66. The van der Waals surface area contributed by atoms with Gasteiger partial charge in [0.1, 0.15) is 18.5 Å². The molecule has 4 bridgehead atoms. The summed E-state index contributed by atoms with van der Waals surface area (Å²) in [6.07, 6.45) is 12.2. The number of hydrogen-bond donors (Lipinski definition) is 1. The minimum absolute atomic E-state index is 0. The normalized spacial score (nSPS) is 35.4. The zero-order valence-corrected chi connectivity index (χ0v) is 17.7. The molecule has 6 rings (SSSR count). The highest BCUT2D eigenvalue weighted by Crippen LogP contribution is 2.60. The monoisotopic (exact) mass is 404 g/mol. The third kappa shape index (κ3) is 4.22. The second-order valence-electron chi connectivity index (χ2n) is 10.0. The van der Waals surface area contributed by atoms with Crippen LogP contribution in [0, 0.1) is 17.8 Å². The van der Waals surface area contributed by atoms with Crippen molar-refractivity contribution in [2.45, 2.75) is 69.3 Å². The molecule has 1 aliphatic heterocycles. The van der Waals surface area contributed by atoms with Gasteiger partial charge in [-0.3, -0.25) is 0 Å². The molecule has 1 unspecified atom stereocenters. The molecule has 5 aliphatic rings. The number of likely N-dealkylation sites (tertiary alicyclic amines) is 1. The van der Waals surface area contributed by atoms with Crippen LogP contribution >= 0.6 is 0 Å². The first-order valence-electron chi connectivity index (χ1n) is 11.3. The second kappa shape index (κ2) is 8.53. The number of aliphatic hydroxyl groups is 1. The molecule has 156 valence electrons. The molecule has 1 heterocycles. The zero-order chi connectivity index (χ0) is 18.3. The molecule has 1 aromatic rings. The highest BCUT2D eigenvalue weighted by molar-refractivity contribution is 5.34. The Kier molecular flexibility index (Phi) is 6.25. The molecule has 4 heteroatoms. The van der Waals surface area contributed by atoms with E-state index in [1.807, 2.05) is 0 Å². The highest BCUT2D eigenvalue weighted by Gasteiger charge is 2.51. The number of rotatable bonds is 6. The van der Waals surface area contributed by atoms with E-state index in [-0.39, 0.29) is 12.4 Å². The molecule has 1 N–H and O–H groups in total. The van der Waals surface area contributed by atoms with E-state index in [4.69, 9.17) is 4.74 Å². The zero-order valence-electron chi connectivity index (χ0n) is 17.0. The Morgan fingerprint density at radius 1 is 0.929 bits per heavy atom. The summed E-state index contributed by atoms with van der Waals surface area (Å²) in [4.78, 5) is 2.37. The standard InChI is InChI=1S/C24H35NO2.ClH/c26-22(16-25-8-2-1-3-9-25)17-27-23-6-4-21(5-7-23)24-13-18-10-19(14-24)12-20(11-18)15-24;/h4-7,18-20,22,26H,1-3,8-17H2;1H/p-1. The van der Waals surface area contributed by atoms with E-state index in [0.29, 0.717) is 12.0 Å². The number of hydrogen-bond acceptors (Lipinski definition) is 3. The van der Waals surface area contributed by atoms with Crippen LogP contribution in [0.25, 0.3) is 0 Å². The Bertz CT molecular complexity index is 605. The Morgan fingerprint density at radius 2 is 1.50 bits per heavy atom. The van der Waals surface area contributed by atoms with Crippen LogP contribution in [0.5, 0.6) is 5.75 Å². The van der Waals surface area contributed by atoms with E-state index in [9.17, 15) is 5.11 Å². The lowest BCUT2D eigenvalue weighted by Crippen LogP contribution is -3.00. The van der Waals surface area contributed by atoms with E-state index in [1.165, 1.54) is 57.8 Å². The lowest BCUT2D eigenvalue weighted by Gasteiger charge is -2.57. The van der Waals surface area contributed by atoms with Crippen LogP contribution < -0.4 is 17.1 Å². The first kappa shape index (κ1) is 20.5. The smallest absolute Gasteiger partial charge is 0.119 e. The van der Waals surface area contributed by atoms with Gasteiger partial charge in [0.25, 0.3) is 0 Å². The van der Waals surface area contributed by atoms with E-state index >= 15 is 0 Å². The van der Waals surface area contributed by atoms with Crippen molar-refractivity contribution in [3.8, 4) is 5.75 Å². The summed E-state index contributed by atoms with van der Waals surface area (Å²) in [6, 6.07) is 8.92. The molecular formula is C24H35ClNO2-. The highest BCUT2D eigenvalue weighted by atomic mass is 35.5. The van der Waals surface area contributed by atoms with E-state index < -0.39 is 6.10 Å². The molecule has 0 aromatic heterocycles. The Hall–Kier alpha value is -0.770. The van der Waals surface area contributed by atoms with Crippen molar-refractivity contribution >= 4 is 0 Å². The predicted octanol–water partition coefficient (Wildman–Crippen LogP) is 1.38. The number of ether oxygens (including phenoxy) is 1. The first-order chi connectivity index (χ1) is 13.2. The van der Waals surface area contributed by atoms with Crippen molar-refractivity contribution in [2.75, 3.05) is 26.2 Å². The summed E-state index contributed by atoms with van der Waals surface area (Å²) in [6.45, 7) is 3.38. The lowest BCUT2D eigenvalue weighted by molar-refractivity contribution is -0.00524. The van der Waals surface area contributed by atoms with E-state index in [0.717, 1.165) is 43.1 Å². The van der Waals surface area contributed by atoms with Gasteiger partial charge >= 0.3 is 0 Å². The second-order valence-corrected chi connectivity index (χ2v) is 10.0. The van der Waals surface area contributed by atoms with Crippen molar-refractivity contribution in [3.63, 3.8) is 0 Å². The Morgan fingerprint density at radius 3 is 2.07 bits per heavy atom. The fraction of sp³-hybridized carbons (Fsp3) is 0.750. The quantitative estimate of drug-likeness (QED) is 0.777.